The average Bonchev–Trinajstić information content (AvgIpc) is 2.84. The minimum absolute atomic E-state index is 0.160. The van der Waals surface area contributed by atoms with Gasteiger partial charge in [0.15, 0.2) is 0 Å². The van der Waals surface area contributed by atoms with Crippen LogP contribution in [-0.2, 0) is 11.2 Å². The number of para-hydroxylation sites is 1. The van der Waals surface area contributed by atoms with Gasteiger partial charge in [-0.25, -0.2) is 0 Å². The SMILES string of the molecule is COC1CCC(O)(C2Cc3ccccc3N2)CC1. The van der Waals surface area contributed by atoms with Crippen molar-refractivity contribution < 1.29 is 9.84 Å². The van der Waals surface area contributed by atoms with Crippen LogP contribution in [0.4, 0.5) is 5.69 Å². The van der Waals surface area contributed by atoms with E-state index < -0.39 is 5.60 Å². The Morgan fingerprint density at radius 2 is 2.00 bits per heavy atom. The maximum absolute atomic E-state index is 10.8. The summed E-state index contributed by atoms with van der Waals surface area (Å²) in [6, 6.07) is 8.51. The van der Waals surface area contributed by atoms with Gasteiger partial charge in [0.25, 0.3) is 0 Å². The topological polar surface area (TPSA) is 41.5 Å². The van der Waals surface area contributed by atoms with Crippen molar-refractivity contribution in [2.75, 3.05) is 12.4 Å². The van der Waals surface area contributed by atoms with Crippen LogP contribution in [0.2, 0.25) is 0 Å². The highest BCUT2D eigenvalue weighted by Gasteiger charge is 2.42. The van der Waals surface area contributed by atoms with Crippen LogP contribution in [0.15, 0.2) is 24.3 Å². The highest BCUT2D eigenvalue weighted by molar-refractivity contribution is 5.57. The van der Waals surface area contributed by atoms with E-state index in [1.54, 1.807) is 7.11 Å². The number of anilines is 1. The largest absolute Gasteiger partial charge is 0.388 e. The maximum atomic E-state index is 10.8. The summed E-state index contributed by atoms with van der Waals surface area (Å²) in [4.78, 5) is 0. The third-order valence-electron chi connectivity index (χ3n) is 4.55. The highest BCUT2D eigenvalue weighted by atomic mass is 16.5. The summed E-state index contributed by atoms with van der Waals surface area (Å²) in [6.07, 6.45) is 4.84. The Labute approximate surface area is 108 Å². The molecular weight excluding hydrogens is 226 g/mol. The number of methoxy groups -OCH3 is 1. The van der Waals surface area contributed by atoms with Crippen LogP contribution in [-0.4, -0.2) is 30.0 Å². The molecule has 2 N–H and O–H groups in total. The number of fused-ring (bicyclic) bond motifs is 1. The Kier molecular flexibility index (Phi) is 3.04. The summed E-state index contributed by atoms with van der Waals surface area (Å²) in [5, 5.41) is 14.3. The molecule has 1 aromatic carbocycles. The third-order valence-corrected chi connectivity index (χ3v) is 4.55. The number of rotatable bonds is 2. The molecule has 1 unspecified atom stereocenters. The zero-order valence-electron chi connectivity index (χ0n) is 10.9. The molecule has 3 heteroatoms. The molecule has 0 amide bonds. The average molecular weight is 247 g/mol. The van der Waals surface area contributed by atoms with Gasteiger partial charge in [0.1, 0.15) is 0 Å². The van der Waals surface area contributed by atoms with Crippen molar-refractivity contribution in [3.8, 4) is 0 Å². The van der Waals surface area contributed by atoms with Gasteiger partial charge in [0.05, 0.1) is 17.7 Å². The standard InChI is InChI=1S/C15H21NO2/c1-18-12-6-8-15(17,9-7-12)14-10-11-4-2-3-5-13(11)16-14/h2-5,12,14,16-17H,6-10H2,1H3. The van der Waals surface area contributed by atoms with Gasteiger partial charge in [0.2, 0.25) is 0 Å². The van der Waals surface area contributed by atoms with E-state index in [0.29, 0.717) is 6.10 Å². The molecule has 1 aliphatic carbocycles. The Morgan fingerprint density at radius 1 is 1.28 bits per heavy atom. The molecule has 0 spiro atoms. The lowest BCUT2D eigenvalue weighted by Gasteiger charge is -2.40. The highest BCUT2D eigenvalue weighted by Crippen LogP contribution is 2.38. The van der Waals surface area contributed by atoms with E-state index in [1.807, 2.05) is 6.07 Å². The van der Waals surface area contributed by atoms with Gasteiger partial charge >= 0.3 is 0 Å². The Bertz CT molecular complexity index is 399. The lowest BCUT2D eigenvalue weighted by molar-refractivity contribution is -0.0532. The fourth-order valence-electron chi connectivity index (χ4n) is 3.30. The molecule has 0 aromatic heterocycles. The van der Waals surface area contributed by atoms with Crippen molar-refractivity contribution in [2.45, 2.75) is 49.9 Å². The molecule has 0 bridgehead atoms. The molecule has 1 fully saturated rings. The van der Waals surface area contributed by atoms with Crippen molar-refractivity contribution in [1.82, 2.24) is 0 Å². The van der Waals surface area contributed by atoms with Crippen LogP contribution in [0.25, 0.3) is 0 Å². The predicted molar refractivity (Wildman–Crippen MR) is 71.8 cm³/mol. The monoisotopic (exact) mass is 247 g/mol. The van der Waals surface area contributed by atoms with Crippen LogP contribution in [0.1, 0.15) is 31.2 Å². The van der Waals surface area contributed by atoms with Crippen molar-refractivity contribution in [3.05, 3.63) is 29.8 Å². The number of aliphatic hydroxyl groups is 1. The second kappa shape index (κ2) is 4.56. The van der Waals surface area contributed by atoms with Crippen LogP contribution in [0.5, 0.6) is 0 Å². The first-order chi connectivity index (χ1) is 8.71. The zero-order chi connectivity index (χ0) is 12.6. The minimum Gasteiger partial charge on any atom is -0.388 e. The number of hydrogen-bond donors (Lipinski definition) is 2. The molecule has 3 nitrogen and oxygen atoms in total. The fraction of sp³-hybridized carbons (Fsp3) is 0.600. The van der Waals surface area contributed by atoms with Crippen molar-refractivity contribution in [2.24, 2.45) is 0 Å². The molecule has 1 atom stereocenters. The molecule has 2 aliphatic rings. The van der Waals surface area contributed by atoms with Crippen molar-refractivity contribution in [1.29, 1.82) is 0 Å². The summed E-state index contributed by atoms with van der Waals surface area (Å²) >= 11 is 0. The Morgan fingerprint density at radius 3 is 2.67 bits per heavy atom. The van der Waals surface area contributed by atoms with E-state index in [0.717, 1.165) is 32.1 Å². The van der Waals surface area contributed by atoms with Gasteiger partial charge in [-0.2, -0.15) is 0 Å². The van der Waals surface area contributed by atoms with E-state index in [1.165, 1.54) is 11.3 Å². The molecule has 0 saturated heterocycles. The van der Waals surface area contributed by atoms with Gasteiger partial charge in [-0.15, -0.1) is 0 Å². The van der Waals surface area contributed by atoms with Crippen LogP contribution in [0.3, 0.4) is 0 Å². The van der Waals surface area contributed by atoms with Gasteiger partial charge in [-0.1, -0.05) is 18.2 Å². The van der Waals surface area contributed by atoms with E-state index in [2.05, 4.69) is 23.5 Å². The van der Waals surface area contributed by atoms with Crippen molar-refractivity contribution >= 4 is 5.69 Å². The summed E-state index contributed by atoms with van der Waals surface area (Å²) in [6.45, 7) is 0. The predicted octanol–water partition coefficient (Wildman–Crippen LogP) is 2.34. The smallest absolute Gasteiger partial charge is 0.0852 e. The number of benzene rings is 1. The molecule has 98 valence electrons. The first kappa shape index (κ1) is 12.0. The minimum atomic E-state index is -0.575. The summed E-state index contributed by atoms with van der Waals surface area (Å²) in [5.74, 6) is 0. The molecule has 1 aromatic rings. The first-order valence-electron chi connectivity index (χ1n) is 6.81. The maximum Gasteiger partial charge on any atom is 0.0852 e. The van der Waals surface area contributed by atoms with E-state index in [4.69, 9.17) is 4.74 Å². The molecule has 18 heavy (non-hydrogen) atoms. The molecule has 1 aliphatic heterocycles. The second-order valence-corrected chi connectivity index (χ2v) is 5.60. The molecule has 0 radical (unpaired) electrons. The molecule has 1 saturated carbocycles. The van der Waals surface area contributed by atoms with Crippen LogP contribution in [0, 0.1) is 0 Å². The lowest BCUT2D eigenvalue weighted by Crippen LogP contribution is -2.49. The van der Waals surface area contributed by atoms with Crippen LogP contribution < -0.4 is 5.32 Å². The fourth-order valence-corrected chi connectivity index (χ4v) is 3.30. The number of hydrogen-bond acceptors (Lipinski definition) is 3. The Hall–Kier alpha value is -1.06. The van der Waals surface area contributed by atoms with E-state index in [9.17, 15) is 5.11 Å². The third kappa shape index (κ3) is 2.02. The first-order valence-corrected chi connectivity index (χ1v) is 6.81. The summed E-state index contributed by atoms with van der Waals surface area (Å²) in [5.41, 5.74) is 1.93. The second-order valence-electron chi connectivity index (χ2n) is 5.60. The number of ether oxygens (including phenoxy) is 1. The summed E-state index contributed by atoms with van der Waals surface area (Å²) in [7, 11) is 1.76. The molecule has 3 rings (SSSR count). The van der Waals surface area contributed by atoms with Crippen LogP contribution >= 0.6 is 0 Å². The van der Waals surface area contributed by atoms with Gasteiger partial charge in [0, 0.05) is 12.8 Å². The number of nitrogens with one attached hydrogen (secondary N) is 1. The molecule has 1 heterocycles. The van der Waals surface area contributed by atoms with Gasteiger partial charge < -0.3 is 15.2 Å². The Balaban J connectivity index is 1.70. The zero-order valence-corrected chi connectivity index (χ0v) is 10.9. The van der Waals surface area contributed by atoms with Crippen molar-refractivity contribution in [3.63, 3.8) is 0 Å². The van der Waals surface area contributed by atoms with E-state index in [-0.39, 0.29) is 6.04 Å². The quantitative estimate of drug-likeness (QED) is 0.843. The van der Waals surface area contributed by atoms with E-state index >= 15 is 0 Å². The molecular formula is C15H21NO2. The van der Waals surface area contributed by atoms with Gasteiger partial charge in [-0.05, 0) is 43.7 Å². The summed E-state index contributed by atoms with van der Waals surface area (Å²) < 4.78 is 5.38. The lowest BCUT2D eigenvalue weighted by atomic mass is 9.77. The normalized spacial score (nSPS) is 35.0. The van der Waals surface area contributed by atoms with Gasteiger partial charge in [-0.3, -0.25) is 0 Å².